The van der Waals surface area contributed by atoms with E-state index >= 15 is 0 Å². The molecule has 7 rings (SSSR count). The molecule has 3 aliphatic carbocycles. The van der Waals surface area contributed by atoms with Crippen LogP contribution in [0.5, 0.6) is 5.75 Å². The van der Waals surface area contributed by atoms with Gasteiger partial charge in [-0.15, -0.1) is 0 Å². The standard InChI is InChI=1S/C30H34N2O5/c1-18(33)36-26-15-21(26)16-32-12-11-30-22-7-8-23(31(2)27(34)9-6-19-10-13-35-17-19)29(30)37-25-5-3-4-20(28(25)30)14-24(22)32/h3-6,9-10,13,17,21-24,26,29H,7-8,11-12,14-16H2,1-2H3/t21?,22-,23+,24+,26?,29-,30-/m0/s1. The van der Waals surface area contributed by atoms with Gasteiger partial charge in [0.15, 0.2) is 0 Å². The van der Waals surface area contributed by atoms with Gasteiger partial charge in [0.1, 0.15) is 18.0 Å². The fourth-order valence-electron chi connectivity index (χ4n) is 8.08. The minimum absolute atomic E-state index is 0.00382. The van der Waals surface area contributed by atoms with Crippen molar-refractivity contribution >= 4 is 18.0 Å². The predicted molar refractivity (Wildman–Crippen MR) is 137 cm³/mol. The van der Waals surface area contributed by atoms with E-state index in [2.05, 4.69) is 23.1 Å². The number of amides is 1. The molecule has 3 heterocycles. The van der Waals surface area contributed by atoms with E-state index in [9.17, 15) is 9.59 Å². The lowest BCUT2D eigenvalue weighted by Gasteiger charge is -2.60. The summed E-state index contributed by atoms with van der Waals surface area (Å²) in [6.45, 7) is 3.52. The number of hydrogen-bond acceptors (Lipinski definition) is 6. The van der Waals surface area contributed by atoms with Gasteiger partial charge in [0.25, 0.3) is 0 Å². The molecule has 3 fully saturated rings. The van der Waals surface area contributed by atoms with Gasteiger partial charge in [-0.05, 0) is 68.3 Å². The van der Waals surface area contributed by atoms with Crippen molar-refractivity contribution in [1.29, 1.82) is 0 Å². The number of likely N-dealkylation sites (tertiary alicyclic amines) is 1. The molecule has 37 heavy (non-hydrogen) atoms. The number of furan rings is 1. The van der Waals surface area contributed by atoms with E-state index in [1.165, 1.54) is 18.1 Å². The minimum Gasteiger partial charge on any atom is -0.487 e. The molecule has 1 aromatic heterocycles. The van der Waals surface area contributed by atoms with Gasteiger partial charge in [0, 0.05) is 55.1 Å². The molecule has 2 saturated carbocycles. The van der Waals surface area contributed by atoms with Crippen molar-refractivity contribution in [3.05, 3.63) is 59.6 Å². The molecule has 0 N–H and O–H groups in total. The number of nitrogens with zero attached hydrogens (tertiary/aromatic N) is 2. The Morgan fingerprint density at radius 2 is 2.16 bits per heavy atom. The van der Waals surface area contributed by atoms with Crippen LogP contribution < -0.4 is 4.74 Å². The summed E-state index contributed by atoms with van der Waals surface area (Å²) in [5.74, 6) is 1.80. The maximum Gasteiger partial charge on any atom is 0.302 e. The highest BCUT2D eigenvalue weighted by atomic mass is 16.5. The van der Waals surface area contributed by atoms with Crippen molar-refractivity contribution in [2.45, 2.75) is 68.7 Å². The zero-order valence-corrected chi connectivity index (χ0v) is 21.5. The van der Waals surface area contributed by atoms with Crippen LogP contribution in [0, 0.1) is 11.8 Å². The molecule has 2 bridgehead atoms. The average molecular weight is 503 g/mol. The number of benzene rings is 1. The van der Waals surface area contributed by atoms with Gasteiger partial charge >= 0.3 is 5.97 Å². The average Bonchev–Trinajstić information content (AvgIpc) is 3.26. The van der Waals surface area contributed by atoms with Crippen molar-refractivity contribution in [3.63, 3.8) is 0 Å². The fraction of sp³-hybridized carbons (Fsp3) is 0.533. The lowest BCUT2D eigenvalue weighted by molar-refractivity contribution is -0.142. The fourth-order valence-corrected chi connectivity index (χ4v) is 8.08. The monoisotopic (exact) mass is 502 g/mol. The second-order valence-electron chi connectivity index (χ2n) is 11.6. The quantitative estimate of drug-likeness (QED) is 0.442. The van der Waals surface area contributed by atoms with Gasteiger partial charge in [-0.3, -0.25) is 14.5 Å². The molecule has 1 amide bonds. The molecule has 1 spiro atoms. The third-order valence-electron chi connectivity index (χ3n) is 9.75. The lowest BCUT2D eigenvalue weighted by Crippen LogP contribution is -2.69. The Bertz CT molecular complexity index is 1250. The van der Waals surface area contributed by atoms with Gasteiger partial charge in [-0.2, -0.15) is 0 Å². The molecule has 2 aliphatic heterocycles. The Hall–Kier alpha value is -3.06. The Morgan fingerprint density at radius 3 is 2.97 bits per heavy atom. The van der Waals surface area contributed by atoms with E-state index in [0.717, 1.165) is 56.5 Å². The number of rotatable bonds is 6. The molecule has 194 valence electrons. The highest BCUT2D eigenvalue weighted by Gasteiger charge is 2.66. The summed E-state index contributed by atoms with van der Waals surface area (Å²) in [5, 5.41) is 0. The van der Waals surface area contributed by atoms with Gasteiger partial charge in [0.05, 0.1) is 18.6 Å². The van der Waals surface area contributed by atoms with Crippen LogP contribution in [0.1, 0.15) is 49.3 Å². The Balaban J connectivity index is 1.16. The Kier molecular flexibility index (Phi) is 5.29. The molecule has 2 unspecified atom stereocenters. The van der Waals surface area contributed by atoms with Gasteiger partial charge in [0.2, 0.25) is 5.91 Å². The SMILES string of the molecule is CC(=O)OC1CC1CN1CC[C@]23c4c5cccc4O[C@H]2[C@H](N(C)C(=O)C=Cc2ccoc2)CC[C@H]3[C@H]1C5. The topological polar surface area (TPSA) is 72.2 Å². The number of ether oxygens (including phenoxy) is 2. The van der Waals surface area contributed by atoms with E-state index in [0.29, 0.717) is 17.9 Å². The van der Waals surface area contributed by atoms with E-state index in [1.54, 1.807) is 18.6 Å². The largest absolute Gasteiger partial charge is 0.487 e. The van der Waals surface area contributed by atoms with E-state index in [4.69, 9.17) is 13.9 Å². The predicted octanol–water partition coefficient (Wildman–Crippen LogP) is 3.81. The first kappa shape index (κ1) is 23.1. The maximum atomic E-state index is 13.2. The molecule has 0 radical (unpaired) electrons. The first-order chi connectivity index (χ1) is 18.0. The van der Waals surface area contributed by atoms with E-state index in [-0.39, 0.29) is 35.5 Å². The molecular weight excluding hydrogens is 468 g/mol. The summed E-state index contributed by atoms with van der Waals surface area (Å²) in [4.78, 5) is 29.2. The van der Waals surface area contributed by atoms with Crippen LogP contribution in [-0.2, 0) is 26.2 Å². The summed E-state index contributed by atoms with van der Waals surface area (Å²) in [5.41, 5.74) is 3.67. The van der Waals surface area contributed by atoms with Crippen LogP contribution in [0.4, 0.5) is 0 Å². The number of hydrogen-bond donors (Lipinski definition) is 0. The number of esters is 1. The van der Waals surface area contributed by atoms with Crippen molar-refractivity contribution < 1.29 is 23.5 Å². The summed E-state index contributed by atoms with van der Waals surface area (Å²) in [6, 6.07) is 8.86. The van der Waals surface area contributed by atoms with Gasteiger partial charge in [-0.1, -0.05) is 12.1 Å². The highest BCUT2D eigenvalue weighted by Crippen LogP contribution is 2.62. The van der Waals surface area contributed by atoms with Gasteiger partial charge in [-0.25, -0.2) is 0 Å². The minimum atomic E-state index is -0.174. The maximum absolute atomic E-state index is 13.2. The van der Waals surface area contributed by atoms with Crippen molar-refractivity contribution in [3.8, 4) is 5.75 Å². The number of likely N-dealkylation sites (N-methyl/N-ethyl adjacent to an activating group) is 1. The molecule has 1 saturated heterocycles. The van der Waals surface area contributed by atoms with Crippen LogP contribution in [0.2, 0.25) is 0 Å². The van der Waals surface area contributed by atoms with Crippen LogP contribution in [0.3, 0.4) is 0 Å². The van der Waals surface area contributed by atoms with Crippen LogP contribution in [-0.4, -0.2) is 66.1 Å². The molecule has 1 aromatic carbocycles. The molecule has 7 atom stereocenters. The molecule has 7 nitrogen and oxygen atoms in total. The summed E-state index contributed by atoms with van der Waals surface area (Å²) >= 11 is 0. The molecule has 7 heteroatoms. The number of piperidine rings is 1. The van der Waals surface area contributed by atoms with Gasteiger partial charge < -0.3 is 18.8 Å². The highest BCUT2D eigenvalue weighted by molar-refractivity contribution is 5.91. The first-order valence-electron chi connectivity index (χ1n) is 13.6. The van der Waals surface area contributed by atoms with E-state index < -0.39 is 0 Å². The summed E-state index contributed by atoms with van der Waals surface area (Å²) in [7, 11) is 1.93. The van der Waals surface area contributed by atoms with Crippen LogP contribution in [0.25, 0.3) is 6.08 Å². The second-order valence-corrected chi connectivity index (χ2v) is 11.6. The number of carbonyl (C=O) groups excluding carboxylic acids is 2. The van der Waals surface area contributed by atoms with Crippen molar-refractivity contribution in [2.24, 2.45) is 11.8 Å². The third-order valence-corrected chi connectivity index (χ3v) is 9.75. The molecular formula is C30H34N2O5. The van der Waals surface area contributed by atoms with Crippen molar-refractivity contribution in [2.75, 3.05) is 20.1 Å². The summed E-state index contributed by atoms with van der Waals surface area (Å²) in [6.07, 6.45) is 11.8. The van der Waals surface area contributed by atoms with Crippen LogP contribution in [0.15, 0.2) is 47.3 Å². The van der Waals surface area contributed by atoms with Crippen molar-refractivity contribution in [1.82, 2.24) is 9.80 Å². The second kappa shape index (κ2) is 8.48. The zero-order chi connectivity index (χ0) is 25.3. The molecule has 2 aromatic rings. The molecule has 5 aliphatic rings. The lowest BCUT2D eigenvalue weighted by atomic mass is 9.51. The normalized spacial score (nSPS) is 35.1. The first-order valence-corrected chi connectivity index (χ1v) is 13.6. The number of carbonyl (C=O) groups is 2. The van der Waals surface area contributed by atoms with E-state index in [1.807, 2.05) is 24.1 Å². The Morgan fingerprint density at radius 1 is 1.27 bits per heavy atom. The van der Waals surface area contributed by atoms with Crippen LogP contribution >= 0.6 is 0 Å². The summed E-state index contributed by atoms with van der Waals surface area (Å²) < 4.78 is 17.4. The zero-order valence-electron chi connectivity index (χ0n) is 21.5. The smallest absolute Gasteiger partial charge is 0.302 e. The third kappa shape index (κ3) is 3.57. The Labute approximate surface area is 217 Å².